The lowest BCUT2D eigenvalue weighted by atomic mass is 9.77. The van der Waals surface area contributed by atoms with Crippen LogP contribution in [-0.4, -0.2) is 0 Å². The van der Waals surface area contributed by atoms with Crippen molar-refractivity contribution in [2.45, 2.75) is 205 Å². The normalized spacial score (nSPS) is 22.9. The van der Waals surface area contributed by atoms with Crippen molar-refractivity contribution in [2.24, 2.45) is 29.6 Å². The van der Waals surface area contributed by atoms with Crippen LogP contribution in [-0.2, 0) is 0 Å². The van der Waals surface area contributed by atoms with Crippen LogP contribution in [0.3, 0.4) is 0 Å². The third-order valence-corrected chi connectivity index (χ3v) is 14.5. The van der Waals surface area contributed by atoms with Gasteiger partial charge in [0.15, 0.2) is 0 Å². The molecule has 0 nitrogen and oxygen atoms in total. The van der Waals surface area contributed by atoms with E-state index in [0.717, 1.165) is 42.9 Å². The maximum atomic E-state index is 4.28. The quantitative estimate of drug-likeness (QED) is 0.123. The Kier molecular flexibility index (Phi) is 22.5. The minimum absolute atomic E-state index is 0.578. The summed E-state index contributed by atoms with van der Waals surface area (Å²) in [5.74, 6) is 4.81. The van der Waals surface area contributed by atoms with E-state index in [1.165, 1.54) is 135 Å². The van der Waals surface area contributed by atoms with E-state index in [-0.39, 0.29) is 0 Å². The zero-order valence-corrected chi connectivity index (χ0v) is 40.2. The molecule has 5 rings (SSSR count). The summed E-state index contributed by atoms with van der Waals surface area (Å²) in [7, 11) is 0. The molecule has 1 fully saturated rings. The first-order valence-corrected chi connectivity index (χ1v) is 24.5. The smallest absolute Gasteiger partial charge is 0.0127 e. The molecule has 1 aromatic carbocycles. The van der Waals surface area contributed by atoms with Gasteiger partial charge in [-0.3, -0.25) is 0 Å². The molecule has 0 aliphatic heterocycles. The van der Waals surface area contributed by atoms with Crippen LogP contribution in [0.15, 0.2) is 112 Å². The van der Waals surface area contributed by atoms with E-state index in [4.69, 9.17) is 0 Å². The molecule has 0 heteroatoms. The lowest BCUT2D eigenvalue weighted by Gasteiger charge is -2.28. The summed E-state index contributed by atoms with van der Waals surface area (Å²) < 4.78 is 0. The highest BCUT2D eigenvalue weighted by molar-refractivity contribution is 5.77. The predicted molar refractivity (Wildman–Crippen MR) is 262 cm³/mol. The van der Waals surface area contributed by atoms with Crippen molar-refractivity contribution in [3.8, 4) is 0 Å². The van der Waals surface area contributed by atoms with Gasteiger partial charge in [-0.1, -0.05) is 196 Å². The van der Waals surface area contributed by atoms with Crippen molar-refractivity contribution in [3.05, 3.63) is 123 Å². The Morgan fingerprint density at radius 1 is 0.862 bits per heavy atom. The lowest BCUT2D eigenvalue weighted by molar-refractivity contribution is 0.260. The fourth-order valence-corrected chi connectivity index (χ4v) is 10.5. The van der Waals surface area contributed by atoms with Gasteiger partial charge in [-0.25, -0.2) is 0 Å². The Balaban J connectivity index is 0.000000438. The highest BCUT2D eigenvalue weighted by atomic mass is 14.3. The second-order valence-corrected chi connectivity index (χ2v) is 18.8. The van der Waals surface area contributed by atoms with Crippen molar-refractivity contribution < 1.29 is 0 Å². The Bertz CT molecular complexity index is 1620. The number of benzene rings is 1. The van der Waals surface area contributed by atoms with E-state index < -0.39 is 0 Å². The molecule has 0 N–H and O–H groups in total. The van der Waals surface area contributed by atoms with Gasteiger partial charge in [-0.2, -0.15) is 0 Å². The summed E-state index contributed by atoms with van der Waals surface area (Å²) in [6, 6.07) is 9.64. The van der Waals surface area contributed by atoms with Crippen LogP contribution in [0.1, 0.15) is 216 Å². The van der Waals surface area contributed by atoms with E-state index in [9.17, 15) is 0 Å². The Labute approximate surface area is 361 Å². The molecule has 6 atom stereocenters. The van der Waals surface area contributed by atoms with Crippen LogP contribution in [0, 0.1) is 29.6 Å². The van der Waals surface area contributed by atoms with E-state index in [0.29, 0.717) is 11.8 Å². The highest BCUT2D eigenvalue weighted by Crippen LogP contribution is 2.40. The molecule has 0 aromatic heterocycles. The van der Waals surface area contributed by atoms with E-state index in [1.54, 1.807) is 22.3 Å². The van der Waals surface area contributed by atoms with Gasteiger partial charge in [-0.05, 0) is 166 Å². The molecule has 322 valence electrons. The van der Waals surface area contributed by atoms with Crippen LogP contribution in [0.2, 0.25) is 0 Å². The fourth-order valence-electron chi connectivity index (χ4n) is 10.5. The monoisotopic (exact) mass is 787 g/mol. The van der Waals surface area contributed by atoms with Gasteiger partial charge < -0.3 is 0 Å². The Hall–Kier alpha value is -2.86. The Morgan fingerprint density at radius 3 is 2.21 bits per heavy atom. The van der Waals surface area contributed by atoms with Crippen molar-refractivity contribution in [3.63, 3.8) is 0 Å². The maximum Gasteiger partial charge on any atom is -0.0127 e. The summed E-state index contributed by atoms with van der Waals surface area (Å²) in [5, 5.41) is 0. The first kappa shape index (κ1) is 49.5. The second-order valence-electron chi connectivity index (χ2n) is 18.8. The minimum atomic E-state index is 0.578. The molecule has 0 heterocycles. The van der Waals surface area contributed by atoms with Crippen molar-refractivity contribution in [2.75, 3.05) is 0 Å². The molecule has 0 spiro atoms. The van der Waals surface area contributed by atoms with Crippen LogP contribution < -0.4 is 0 Å². The first-order chi connectivity index (χ1) is 28.0. The molecule has 0 radical (unpaired) electrons. The molecular weight excluding hydrogens is 697 g/mol. The summed E-state index contributed by atoms with van der Waals surface area (Å²) in [5.41, 5.74) is 16.2. The standard InChI is InChI=1S/C41H62.C15H22.C2H6/c1-9-34-18-15-19-40(28-32(34)7)38-23-25-39(26-24-38)41(33(8)29-36(11-3)30(4)5)27-21-31(6)20-22-37-17-14-12-13-16-35(37)10-2;1-4-13-7-8-14-6-5-11(2)9-15(14)10-12(13)3;1-2/h11,15,19,23-26,28,31,33,35,37,41H,4,9-10,12-14,16-18,20-22,27,29H2,1-3,5-8H3;7,10-11H,4-6,8-9H2,1-3H3;1-2H3/b36-11-;;/t31?,33-,35?,37?,41-;11-;/m00./s1. The zero-order chi connectivity index (χ0) is 42.6. The number of hydrogen-bond donors (Lipinski definition) is 0. The molecule has 0 saturated heterocycles. The third-order valence-electron chi connectivity index (χ3n) is 14.5. The fraction of sp³-hybridized carbons (Fsp3) is 0.621. The van der Waals surface area contributed by atoms with Crippen LogP contribution in [0.4, 0.5) is 0 Å². The molecule has 0 amide bonds. The third kappa shape index (κ3) is 15.3. The number of allylic oxidation sites excluding steroid dienone is 15. The topological polar surface area (TPSA) is 0 Å². The SMILES string of the molecule is C=C(C)/C(=C\C)C[C@H](C)[C@H](CCC(C)CCC1CCCCCC1CC)c1ccc(C2=CC(C)=C(CC)CC=C2)cc1.CC.CCC1=CCC2=C(C=C1C)C[C@@H](C)CC2. The molecular formula is C58H90. The number of hydrogen-bond acceptors (Lipinski definition) is 0. The predicted octanol–water partition coefficient (Wildman–Crippen LogP) is 19.0. The second kappa shape index (κ2) is 26.4. The molecule has 3 unspecified atom stereocenters. The summed E-state index contributed by atoms with van der Waals surface area (Å²) in [6.07, 6.45) is 38.2. The van der Waals surface area contributed by atoms with E-state index >= 15 is 0 Å². The van der Waals surface area contributed by atoms with Gasteiger partial charge in [0.25, 0.3) is 0 Å². The average molecular weight is 787 g/mol. The van der Waals surface area contributed by atoms with Crippen LogP contribution in [0.25, 0.3) is 5.57 Å². The van der Waals surface area contributed by atoms with Crippen LogP contribution >= 0.6 is 0 Å². The average Bonchev–Trinajstić information content (AvgIpc) is 3.65. The summed E-state index contributed by atoms with van der Waals surface area (Å²) in [6.45, 7) is 31.5. The molecule has 4 aliphatic rings. The number of rotatable bonds is 15. The Morgan fingerprint density at radius 2 is 1.57 bits per heavy atom. The molecule has 1 aromatic rings. The summed E-state index contributed by atoms with van der Waals surface area (Å²) >= 11 is 0. The van der Waals surface area contributed by atoms with Crippen molar-refractivity contribution >= 4 is 5.57 Å². The summed E-state index contributed by atoms with van der Waals surface area (Å²) in [4.78, 5) is 0. The minimum Gasteiger partial charge on any atom is -0.0958 e. The highest BCUT2D eigenvalue weighted by Gasteiger charge is 2.25. The lowest BCUT2D eigenvalue weighted by Crippen LogP contribution is -2.15. The first-order valence-electron chi connectivity index (χ1n) is 24.5. The van der Waals surface area contributed by atoms with Gasteiger partial charge in [0.2, 0.25) is 0 Å². The molecule has 1 saturated carbocycles. The van der Waals surface area contributed by atoms with E-state index in [2.05, 4.69) is 137 Å². The zero-order valence-electron chi connectivity index (χ0n) is 40.2. The molecule has 4 aliphatic carbocycles. The van der Waals surface area contributed by atoms with Crippen molar-refractivity contribution in [1.82, 2.24) is 0 Å². The van der Waals surface area contributed by atoms with Gasteiger partial charge >= 0.3 is 0 Å². The van der Waals surface area contributed by atoms with E-state index in [1.807, 2.05) is 13.8 Å². The maximum absolute atomic E-state index is 4.28. The van der Waals surface area contributed by atoms with Crippen LogP contribution in [0.5, 0.6) is 0 Å². The van der Waals surface area contributed by atoms with Gasteiger partial charge in [0, 0.05) is 0 Å². The largest absolute Gasteiger partial charge is 0.0958 e. The molecule has 0 bridgehead atoms. The molecule has 58 heavy (non-hydrogen) atoms. The van der Waals surface area contributed by atoms with Crippen molar-refractivity contribution in [1.29, 1.82) is 0 Å². The van der Waals surface area contributed by atoms with Gasteiger partial charge in [-0.15, -0.1) is 0 Å². The van der Waals surface area contributed by atoms with Gasteiger partial charge in [0.05, 0.1) is 0 Å². The van der Waals surface area contributed by atoms with Gasteiger partial charge in [0.1, 0.15) is 0 Å².